The van der Waals surface area contributed by atoms with Crippen molar-refractivity contribution < 1.29 is 10.2 Å². The van der Waals surface area contributed by atoms with Crippen LogP contribution in [0.25, 0.3) is 0 Å². The quantitative estimate of drug-likeness (QED) is 0.544. The summed E-state index contributed by atoms with van der Waals surface area (Å²) < 4.78 is 0. The average Bonchev–Trinajstić information content (AvgIpc) is 2.27. The average molecular weight is 156 g/mol. The van der Waals surface area contributed by atoms with Gasteiger partial charge in [-0.05, 0) is 30.1 Å². The van der Waals surface area contributed by atoms with Crippen LogP contribution in [0, 0.1) is 17.3 Å². The highest BCUT2D eigenvalue weighted by atomic mass is 16.3. The molecule has 2 aliphatic rings. The Morgan fingerprint density at radius 1 is 1.00 bits per heavy atom. The molecule has 0 unspecified atom stereocenters. The maximum atomic E-state index is 9.57. The van der Waals surface area contributed by atoms with E-state index in [1.807, 2.05) is 0 Å². The van der Waals surface area contributed by atoms with Crippen molar-refractivity contribution in [3.63, 3.8) is 0 Å². The highest BCUT2D eigenvalue weighted by molar-refractivity contribution is 5.07. The fourth-order valence-electron chi connectivity index (χ4n) is 3.08. The van der Waals surface area contributed by atoms with E-state index in [4.69, 9.17) is 0 Å². The number of aliphatic hydroxyl groups is 2. The third kappa shape index (κ3) is 0.744. The van der Waals surface area contributed by atoms with E-state index in [-0.39, 0.29) is 5.41 Å². The van der Waals surface area contributed by atoms with Crippen LogP contribution >= 0.6 is 0 Å². The summed E-state index contributed by atoms with van der Waals surface area (Å²) in [5.74, 6) is 0.671. The zero-order chi connectivity index (χ0) is 8.22. The highest BCUT2D eigenvalue weighted by Gasteiger charge is 2.58. The molecule has 4 atom stereocenters. The lowest BCUT2D eigenvalue weighted by atomic mass is 9.82. The van der Waals surface area contributed by atoms with Gasteiger partial charge in [0, 0.05) is 0 Å². The first-order valence-corrected chi connectivity index (χ1v) is 4.41. The predicted molar refractivity (Wildman–Crippen MR) is 42.0 cm³/mol. The van der Waals surface area contributed by atoms with Crippen molar-refractivity contribution in [1.82, 2.24) is 0 Å². The molecule has 2 nitrogen and oxygen atoms in total. The molecule has 0 aromatic rings. The number of hydrogen-bond acceptors (Lipinski definition) is 2. The molecule has 2 fully saturated rings. The Hall–Kier alpha value is -0.0800. The second-order valence-electron chi connectivity index (χ2n) is 4.59. The van der Waals surface area contributed by atoms with Gasteiger partial charge in [-0.1, -0.05) is 13.8 Å². The molecule has 0 heterocycles. The fraction of sp³-hybridized carbons (Fsp3) is 1.00. The molecule has 2 aliphatic carbocycles. The summed E-state index contributed by atoms with van der Waals surface area (Å²) in [6, 6.07) is 0. The number of rotatable bonds is 0. The van der Waals surface area contributed by atoms with Gasteiger partial charge in [0.15, 0.2) is 0 Å². The second kappa shape index (κ2) is 1.99. The molecule has 11 heavy (non-hydrogen) atoms. The van der Waals surface area contributed by atoms with E-state index < -0.39 is 12.2 Å². The van der Waals surface area contributed by atoms with Crippen molar-refractivity contribution >= 4 is 0 Å². The van der Waals surface area contributed by atoms with Crippen molar-refractivity contribution in [3.05, 3.63) is 0 Å². The lowest BCUT2D eigenvalue weighted by Crippen LogP contribution is -2.31. The summed E-state index contributed by atoms with van der Waals surface area (Å²) in [6.45, 7) is 4.32. The third-order valence-electron chi connectivity index (χ3n) is 3.87. The SMILES string of the molecule is CC1(C)[C@@H]2CC[C@@H]1[C@@H](O)[C@H]2O. The van der Waals surface area contributed by atoms with Crippen LogP contribution < -0.4 is 0 Å². The smallest absolute Gasteiger partial charge is 0.0835 e. The Morgan fingerprint density at radius 2 is 1.36 bits per heavy atom. The molecule has 0 spiro atoms. The van der Waals surface area contributed by atoms with Gasteiger partial charge in [-0.25, -0.2) is 0 Å². The van der Waals surface area contributed by atoms with Crippen molar-refractivity contribution in [2.24, 2.45) is 17.3 Å². The number of aliphatic hydroxyl groups excluding tert-OH is 2. The first kappa shape index (κ1) is 7.56. The fourth-order valence-corrected chi connectivity index (χ4v) is 3.08. The van der Waals surface area contributed by atoms with Crippen LogP contribution in [0.5, 0.6) is 0 Å². The Balaban J connectivity index is 2.31. The first-order chi connectivity index (χ1) is 5.05. The maximum absolute atomic E-state index is 9.57. The summed E-state index contributed by atoms with van der Waals surface area (Å²) in [4.78, 5) is 0. The van der Waals surface area contributed by atoms with E-state index in [2.05, 4.69) is 13.8 Å². The molecule has 0 radical (unpaired) electrons. The standard InChI is InChI=1S/C9H16O2/c1-9(2)5-3-4-6(9)8(11)7(5)10/h5-8,10-11H,3-4H2,1-2H3/t5-,6-,7-,8+/m1/s1. The minimum absolute atomic E-state index is 0.166. The molecule has 0 saturated heterocycles. The molecule has 64 valence electrons. The molecule has 0 aliphatic heterocycles. The van der Waals surface area contributed by atoms with E-state index in [1.54, 1.807) is 0 Å². The van der Waals surface area contributed by atoms with Gasteiger partial charge in [-0.2, -0.15) is 0 Å². The van der Waals surface area contributed by atoms with Crippen molar-refractivity contribution in [2.45, 2.75) is 38.9 Å². The number of fused-ring (bicyclic) bond motifs is 2. The Kier molecular flexibility index (Phi) is 1.37. The monoisotopic (exact) mass is 156 g/mol. The van der Waals surface area contributed by atoms with E-state index in [9.17, 15) is 10.2 Å². The summed E-state index contributed by atoms with van der Waals surface area (Å²) in [5.41, 5.74) is 0.166. The molecular weight excluding hydrogens is 140 g/mol. The minimum Gasteiger partial charge on any atom is -0.390 e. The van der Waals surface area contributed by atoms with Gasteiger partial charge in [0.1, 0.15) is 0 Å². The molecule has 0 aromatic heterocycles. The Morgan fingerprint density at radius 3 is 1.55 bits per heavy atom. The third-order valence-corrected chi connectivity index (χ3v) is 3.87. The van der Waals surface area contributed by atoms with Gasteiger partial charge in [-0.15, -0.1) is 0 Å². The first-order valence-electron chi connectivity index (χ1n) is 4.41. The minimum atomic E-state index is -0.455. The molecular formula is C9H16O2. The van der Waals surface area contributed by atoms with E-state index in [0.29, 0.717) is 11.8 Å². The van der Waals surface area contributed by atoms with Gasteiger partial charge in [0.25, 0.3) is 0 Å². The van der Waals surface area contributed by atoms with Crippen LogP contribution in [-0.2, 0) is 0 Å². The molecule has 2 N–H and O–H groups in total. The van der Waals surface area contributed by atoms with Crippen molar-refractivity contribution in [1.29, 1.82) is 0 Å². The summed E-state index contributed by atoms with van der Waals surface area (Å²) >= 11 is 0. The zero-order valence-electron chi connectivity index (χ0n) is 7.12. The van der Waals surface area contributed by atoms with Crippen LogP contribution in [0.2, 0.25) is 0 Å². The molecule has 0 amide bonds. The highest BCUT2D eigenvalue weighted by Crippen LogP contribution is 2.57. The normalized spacial score (nSPS) is 53.5. The lowest BCUT2D eigenvalue weighted by Gasteiger charge is -2.23. The van der Waals surface area contributed by atoms with Crippen molar-refractivity contribution in [2.75, 3.05) is 0 Å². The van der Waals surface area contributed by atoms with Gasteiger partial charge in [-0.3, -0.25) is 0 Å². The summed E-state index contributed by atoms with van der Waals surface area (Å²) in [5, 5.41) is 19.1. The van der Waals surface area contributed by atoms with Gasteiger partial charge >= 0.3 is 0 Å². The van der Waals surface area contributed by atoms with E-state index in [0.717, 1.165) is 12.8 Å². The van der Waals surface area contributed by atoms with Crippen LogP contribution in [0.15, 0.2) is 0 Å². The van der Waals surface area contributed by atoms with Gasteiger partial charge in [0.2, 0.25) is 0 Å². The van der Waals surface area contributed by atoms with Gasteiger partial charge in [0.05, 0.1) is 12.2 Å². The van der Waals surface area contributed by atoms with Gasteiger partial charge < -0.3 is 10.2 Å². The Bertz CT molecular complexity index is 158. The predicted octanol–water partition coefficient (Wildman–Crippen LogP) is 0.774. The molecule has 0 aromatic carbocycles. The second-order valence-corrected chi connectivity index (χ2v) is 4.59. The topological polar surface area (TPSA) is 40.5 Å². The van der Waals surface area contributed by atoms with E-state index in [1.165, 1.54) is 0 Å². The van der Waals surface area contributed by atoms with Crippen LogP contribution in [-0.4, -0.2) is 22.4 Å². The maximum Gasteiger partial charge on any atom is 0.0835 e. The van der Waals surface area contributed by atoms with Crippen LogP contribution in [0.4, 0.5) is 0 Å². The molecule has 2 rings (SSSR count). The molecule has 2 bridgehead atoms. The molecule has 2 heteroatoms. The summed E-state index contributed by atoms with van der Waals surface area (Å²) in [6.07, 6.45) is 1.28. The van der Waals surface area contributed by atoms with E-state index >= 15 is 0 Å². The van der Waals surface area contributed by atoms with Crippen LogP contribution in [0.1, 0.15) is 26.7 Å². The van der Waals surface area contributed by atoms with Crippen LogP contribution in [0.3, 0.4) is 0 Å². The molecule has 2 saturated carbocycles. The number of hydrogen-bond donors (Lipinski definition) is 2. The summed E-state index contributed by atoms with van der Waals surface area (Å²) in [7, 11) is 0. The largest absolute Gasteiger partial charge is 0.390 e. The Labute approximate surface area is 67.2 Å². The lowest BCUT2D eigenvalue weighted by molar-refractivity contribution is -0.0160. The van der Waals surface area contributed by atoms with Crippen molar-refractivity contribution in [3.8, 4) is 0 Å². The zero-order valence-corrected chi connectivity index (χ0v) is 7.12.